The summed E-state index contributed by atoms with van der Waals surface area (Å²) in [6.45, 7) is 9.25. The molecule has 1 N–H and O–H groups in total. The first-order valence-electron chi connectivity index (χ1n) is 11.2. The molecule has 0 bridgehead atoms. The highest BCUT2D eigenvalue weighted by atomic mass is 16.5. The Morgan fingerprint density at radius 3 is 2.60 bits per heavy atom. The number of carbonyl (C=O) groups is 1. The van der Waals surface area contributed by atoms with E-state index in [0.29, 0.717) is 13.2 Å². The minimum atomic E-state index is -0.144. The van der Waals surface area contributed by atoms with E-state index in [9.17, 15) is 4.79 Å². The average Bonchev–Trinajstić information content (AvgIpc) is 3.09. The van der Waals surface area contributed by atoms with E-state index in [-0.39, 0.29) is 17.9 Å². The summed E-state index contributed by atoms with van der Waals surface area (Å²) in [7, 11) is 0. The Labute approximate surface area is 178 Å². The number of hydrogen-bond donors (Lipinski definition) is 1. The van der Waals surface area contributed by atoms with Gasteiger partial charge in [0.15, 0.2) is 5.82 Å². The second kappa shape index (κ2) is 9.71. The first-order chi connectivity index (χ1) is 14.6. The van der Waals surface area contributed by atoms with Gasteiger partial charge in [-0.25, -0.2) is 0 Å². The molecule has 4 rings (SSSR count). The van der Waals surface area contributed by atoms with Crippen molar-refractivity contribution in [1.29, 1.82) is 0 Å². The average molecular weight is 412 g/mol. The van der Waals surface area contributed by atoms with Crippen LogP contribution in [0.25, 0.3) is 0 Å². The van der Waals surface area contributed by atoms with E-state index in [4.69, 9.17) is 4.74 Å². The molecule has 1 saturated heterocycles. The second-order valence-corrected chi connectivity index (χ2v) is 8.44. The van der Waals surface area contributed by atoms with Crippen molar-refractivity contribution >= 4 is 5.91 Å². The van der Waals surface area contributed by atoms with Crippen LogP contribution >= 0.6 is 0 Å². The van der Waals surface area contributed by atoms with Gasteiger partial charge in [-0.3, -0.25) is 9.69 Å². The number of benzene rings is 1. The second-order valence-electron chi connectivity index (χ2n) is 8.44. The predicted octanol–water partition coefficient (Wildman–Crippen LogP) is 2.50. The standard InChI is InChI=1S/C23H33N5O2/c1-3-18-4-6-19(7-5-18)16-27-11-8-21-25-26-22(28(21)13-12-27)17(2)24-23(29)20-9-14-30-15-10-20/h4-7,17,20H,3,8-16H2,1-2H3,(H,24,29). The molecule has 7 heteroatoms. The van der Waals surface area contributed by atoms with Crippen LogP contribution in [0.4, 0.5) is 0 Å². The molecule has 0 aliphatic carbocycles. The van der Waals surface area contributed by atoms with Gasteiger partial charge in [-0.15, -0.1) is 10.2 Å². The molecule has 3 heterocycles. The van der Waals surface area contributed by atoms with Crippen LogP contribution in [0, 0.1) is 5.92 Å². The van der Waals surface area contributed by atoms with Crippen molar-refractivity contribution in [3.8, 4) is 0 Å². The lowest BCUT2D eigenvalue weighted by Gasteiger charge is -2.23. The molecule has 2 aliphatic rings. The third-order valence-corrected chi connectivity index (χ3v) is 6.32. The minimum Gasteiger partial charge on any atom is -0.381 e. The molecule has 0 saturated carbocycles. The topological polar surface area (TPSA) is 72.3 Å². The molecule has 30 heavy (non-hydrogen) atoms. The normalized spacial score (nSPS) is 19.1. The van der Waals surface area contributed by atoms with Gasteiger partial charge < -0.3 is 14.6 Å². The number of ether oxygens (including phenoxy) is 1. The van der Waals surface area contributed by atoms with Crippen molar-refractivity contribution in [3.63, 3.8) is 0 Å². The summed E-state index contributed by atoms with van der Waals surface area (Å²) in [5, 5.41) is 12.0. The van der Waals surface area contributed by atoms with E-state index < -0.39 is 0 Å². The summed E-state index contributed by atoms with van der Waals surface area (Å²) in [4.78, 5) is 15.1. The molecule has 1 aromatic carbocycles. The Balaban J connectivity index is 1.36. The Hall–Kier alpha value is -2.25. The lowest BCUT2D eigenvalue weighted by atomic mass is 9.99. The summed E-state index contributed by atoms with van der Waals surface area (Å²) >= 11 is 0. The SMILES string of the molecule is CCc1ccc(CN2CCc3nnc(C(C)NC(=O)C4CCOCC4)n3CC2)cc1. The van der Waals surface area contributed by atoms with Crippen molar-refractivity contribution in [2.75, 3.05) is 26.3 Å². The predicted molar refractivity (Wildman–Crippen MR) is 115 cm³/mol. The maximum absolute atomic E-state index is 12.6. The maximum atomic E-state index is 12.6. The summed E-state index contributed by atoms with van der Waals surface area (Å²) in [6.07, 6.45) is 3.54. The first kappa shape index (κ1) is 21.0. The van der Waals surface area contributed by atoms with Crippen LogP contribution in [-0.4, -0.2) is 51.9 Å². The molecule has 1 aromatic heterocycles. The molecule has 2 aliphatic heterocycles. The lowest BCUT2D eigenvalue weighted by molar-refractivity contribution is -0.128. The molecular weight excluding hydrogens is 378 g/mol. The van der Waals surface area contributed by atoms with E-state index in [0.717, 1.165) is 63.5 Å². The monoisotopic (exact) mass is 411 g/mol. The molecule has 1 unspecified atom stereocenters. The fourth-order valence-corrected chi connectivity index (χ4v) is 4.36. The van der Waals surface area contributed by atoms with Crippen molar-refractivity contribution < 1.29 is 9.53 Å². The Morgan fingerprint density at radius 1 is 1.13 bits per heavy atom. The van der Waals surface area contributed by atoms with Crippen molar-refractivity contribution in [2.24, 2.45) is 5.92 Å². The third-order valence-electron chi connectivity index (χ3n) is 6.32. The van der Waals surface area contributed by atoms with Crippen LogP contribution in [0.1, 0.15) is 55.5 Å². The molecule has 162 valence electrons. The summed E-state index contributed by atoms with van der Waals surface area (Å²) in [5.41, 5.74) is 2.73. The number of nitrogens with one attached hydrogen (secondary N) is 1. The van der Waals surface area contributed by atoms with Gasteiger partial charge in [0.25, 0.3) is 0 Å². The molecule has 0 spiro atoms. The summed E-state index contributed by atoms with van der Waals surface area (Å²) in [5.74, 6) is 2.02. The number of aryl methyl sites for hydroxylation is 1. The Bertz CT molecular complexity index is 842. The number of aromatic nitrogens is 3. The molecule has 0 radical (unpaired) electrons. The van der Waals surface area contributed by atoms with Crippen molar-refractivity contribution in [2.45, 2.75) is 58.7 Å². The quantitative estimate of drug-likeness (QED) is 0.791. The van der Waals surface area contributed by atoms with E-state index >= 15 is 0 Å². The zero-order chi connectivity index (χ0) is 20.9. The van der Waals surface area contributed by atoms with Crippen molar-refractivity contribution in [1.82, 2.24) is 25.0 Å². The number of amides is 1. The van der Waals surface area contributed by atoms with Gasteiger partial charge in [0.1, 0.15) is 5.82 Å². The largest absolute Gasteiger partial charge is 0.381 e. The highest BCUT2D eigenvalue weighted by Crippen LogP contribution is 2.20. The van der Waals surface area contributed by atoms with Gasteiger partial charge in [0, 0.05) is 51.7 Å². The molecule has 1 fully saturated rings. The van der Waals surface area contributed by atoms with Crippen LogP contribution in [0.5, 0.6) is 0 Å². The number of carbonyl (C=O) groups excluding carboxylic acids is 1. The van der Waals surface area contributed by atoms with Crippen LogP contribution in [0.15, 0.2) is 24.3 Å². The van der Waals surface area contributed by atoms with E-state index in [2.05, 4.69) is 56.2 Å². The number of hydrogen-bond acceptors (Lipinski definition) is 5. The van der Waals surface area contributed by atoms with E-state index in [1.165, 1.54) is 11.1 Å². The lowest BCUT2D eigenvalue weighted by Crippen LogP contribution is -2.36. The van der Waals surface area contributed by atoms with Gasteiger partial charge in [0.05, 0.1) is 6.04 Å². The zero-order valence-corrected chi connectivity index (χ0v) is 18.1. The smallest absolute Gasteiger partial charge is 0.223 e. The van der Waals surface area contributed by atoms with Gasteiger partial charge in [-0.2, -0.15) is 0 Å². The van der Waals surface area contributed by atoms with Crippen LogP contribution < -0.4 is 5.32 Å². The maximum Gasteiger partial charge on any atom is 0.223 e. The molecule has 1 amide bonds. The van der Waals surface area contributed by atoms with Gasteiger partial charge in [0.2, 0.25) is 5.91 Å². The molecule has 1 atom stereocenters. The van der Waals surface area contributed by atoms with Gasteiger partial charge >= 0.3 is 0 Å². The molecule has 7 nitrogen and oxygen atoms in total. The number of nitrogens with zero attached hydrogens (tertiary/aromatic N) is 4. The van der Waals surface area contributed by atoms with Crippen LogP contribution in [0.2, 0.25) is 0 Å². The van der Waals surface area contributed by atoms with E-state index in [1.807, 2.05) is 6.92 Å². The van der Waals surface area contributed by atoms with Gasteiger partial charge in [-0.05, 0) is 37.3 Å². The van der Waals surface area contributed by atoms with Crippen LogP contribution in [0.3, 0.4) is 0 Å². The third kappa shape index (κ3) is 4.90. The first-order valence-corrected chi connectivity index (χ1v) is 11.2. The minimum absolute atomic E-state index is 0.0438. The Morgan fingerprint density at radius 2 is 1.87 bits per heavy atom. The summed E-state index contributed by atoms with van der Waals surface area (Å²) in [6, 6.07) is 8.79. The number of fused-ring (bicyclic) bond motifs is 1. The van der Waals surface area contributed by atoms with E-state index in [1.54, 1.807) is 0 Å². The van der Waals surface area contributed by atoms with Crippen LogP contribution in [-0.2, 0) is 35.5 Å². The molecular formula is C23H33N5O2. The summed E-state index contributed by atoms with van der Waals surface area (Å²) < 4.78 is 7.57. The highest BCUT2D eigenvalue weighted by molar-refractivity contribution is 5.79. The Kier molecular flexibility index (Phi) is 6.79. The van der Waals surface area contributed by atoms with Crippen molar-refractivity contribution in [3.05, 3.63) is 47.0 Å². The zero-order valence-electron chi connectivity index (χ0n) is 18.1. The molecule has 2 aromatic rings. The number of rotatable bonds is 6. The highest BCUT2D eigenvalue weighted by Gasteiger charge is 2.26. The fourth-order valence-electron chi connectivity index (χ4n) is 4.36. The van der Waals surface area contributed by atoms with Gasteiger partial charge in [-0.1, -0.05) is 31.2 Å². The fraction of sp³-hybridized carbons (Fsp3) is 0.609.